The van der Waals surface area contributed by atoms with Crippen LogP contribution in [0.5, 0.6) is 0 Å². The molecule has 0 amide bonds. The third kappa shape index (κ3) is 4.49. The van der Waals surface area contributed by atoms with Gasteiger partial charge >= 0.3 is 0 Å². The van der Waals surface area contributed by atoms with Gasteiger partial charge in [0.05, 0.1) is 5.60 Å². The minimum absolute atomic E-state index is 0. The Morgan fingerprint density at radius 1 is 0.905 bits per heavy atom. The summed E-state index contributed by atoms with van der Waals surface area (Å²) in [6, 6.07) is 20.0. The summed E-state index contributed by atoms with van der Waals surface area (Å²) in [5, 5.41) is 10.9. The SMILES string of the molecule is CCC(O)(CC)C(=[C-]c1ccccc1)c1ccccc1.[Zr]. The first kappa shape index (κ1) is 18.1. The molecule has 0 atom stereocenters. The number of benzene rings is 2. The summed E-state index contributed by atoms with van der Waals surface area (Å²) in [7, 11) is 0. The summed E-state index contributed by atoms with van der Waals surface area (Å²) in [5.41, 5.74) is 2.06. The van der Waals surface area contributed by atoms with Crippen molar-refractivity contribution in [3.8, 4) is 0 Å². The normalized spacial score (nSPS) is 11.9. The second-order valence-electron chi connectivity index (χ2n) is 4.97. The van der Waals surface area contributed by atoms with Crippen LogP contribution in [0.3, 0.4) is 0 Å². The quantitative estimate of drug-likeness (QED) is 0.619. The van der Waals surface area contributed by atoms with E-state index in [0.717, 1.165) is 16.7 Å². The van der Waals surface area contributed by atoms with E-state index in [9.17, 15) is 5.11 Å². The van der Waals surface area contributed by atoms with Gasteiger partial charge in [-0.1, -0.05) is 61.4 Å². The summed E-state index contributed by atoms with van der Waals surface area (Å²) in [4.78, 5) is 0. The molecule has 0 aliphatic rings. The van der Waals surface area contributed by atoms with Crippen molar-refractivity contribution in [2.24, 2.45) is 0 Å². The molecule has 2 aromatic carbocycles. The maximum atomic E-state index is 10.9. The van der Waals surface area contributed by atoms with Crippen molar-refractivity contribution < 1.29 is 31.3 Å². The van der Waals surface area contributed by atoms with Crippen LogP contribution in [-0.2, 0) is 26.2 Å². The molecule has 1 N–H and O–H groups in total. The molecule has 0 fully saturated rings. The fraction of sp³-hybridized carbons (Fsp3) is 0.263. The molecule has 0 unspecified atom stereocenters. The van der Waals surface area contributed by atoms with Crippen molar-refractivity contribution in [2.45, 2.75) is 32.3 Å². The van der Waals surface area contributed by atoms with Crippen LogP contribution in [0.1, 0.15) is 37.8 Å². The summed E-state index contributed by atoms with van der Waals surface area (Å²) in [5.74, 6) is 0. The zero-order valence-electron chi connectivity index (χ0n) is 12.6. The molecule has 0 saturated heterocycles. The van der Waals surface area contributed by atoms with Crippen molar-refractivity contribution in [3.63, 3.8) is 0 Å². The molecule has 0 saturated carbocycles. The maximum absolute atomic E-state index is 10.9. The Kier molecular flexibility index (Phi) is 7.28. The zero-order valence-corrected chi connectivity index (χ0v) is 15.1. The predicted octanol–water partition coefficient (Wildman–Crippen LogP) is 4.47. The maximum Gasteiger partial charge on any atom is 0.0729 e. The van der Waals surface area contributed by atoms with E-state index < -0.39 is 5.60 Å². The molecular weight excluding hydrogens is 335 g/mol. The summed E-state index contributed by atoms with van der Waals surface area (Å²) in [6.45, 7) is 4.03. The van der Waals surface area contributed by atoms with Crippen LogP contribution in [0.4, 0.5) is 0 Å². The minimum Gasteiger partial charge on any atom is -0.387 e. The molecule has 0 radical (unpaired) electrons. The molecule has 0 spiro atoms. The Labute approximate surface area is 146 Å². The van der Waals surface area contributed by atoms with Crippen LogP contribution in [0.2, 0.25) is 0 Å². The second kappa shape index (κ2) is 8.46. The zero-order chi connectivity index (χ0) is 14.4. The molecule has 0 aliphatic heterocycles. The summed E-state index contributed by atoms with van der Waals surface area (Å²) < 4.78 is 0. The largest absolute Gasteiger partial charge is 0.387 e. The van der Waals surface area contributed by atoms with Gasteiger partial charge in [-0.15, -0.1) is 35.9 Å². The molecule has 2 rings (SSSR count). The van der Waals surface area contributed by atoms with E-state index in [-0.39, 0.29) is 26.2 Å². The fourth-order valence-electron chi connectivity index (χ4n) is 2.33. The van der Waals surface area contributed by atoms with Crippen molar-refractivity contribution in [3.05, 3.63) is 77.9 Å². The van der Waals surface area contributed by atoms with Crippen LogP contribution in [0, 0.1) is 6.08 Å². The van der Waals surface area contributed by atoms with Crippen molar-refractivity contribution in [1.82, 2.24) is 0 Å². The second-order valence-corrected chi connectivity index (χ2v) is 4.97. The Bertz CT molecular complexity index is 557. The van der Waals surface area contributed by atoms with E-state index in [0.29, 0.717) is 12.8 Å². The molecule has 0 aliphatic carbocycles. The molecule has 108 valence electrons. The van der Waals surface area contributed by atoms with Gasteiger partial charge < -0.3 is 5.11 Å². The Morgan fingerprint density at radius 2 is 1.38 bits per heavy atom. The van der Waals surface area contributed by atoms with Crippen LogP contribution in [-0.4, -0.2) is 10.7 Å². The third-order valence-corrected chi connectivity index (χ3v) is 3.74. The molecule has 0 bridgehead atoms. The number of aliphatic hydroxyl groups is 1. The molecule has 2 heteroatoms. The van der Waals surface area contributed by atoms with E-state index in [1.807, 2.05) is 74.5 Å². The van der Waals surface area contributed by atoms with Crippen molar-refractivity contribution >= 4 is 5.57 Å². The van der Waals surface area contributed by atoms with Crippen molar-refractivity contribution in [1.29, 1.82) is 0 Å². The summed E-state index contributed by atoms with van der Waals surface area (Å²) in [6.07, 6.45) is 4.75. The Morgan fingerprint density at radius 3 is 1.86 bits per heavy atom. The van der Waals surface area contributed by atoms with Gasteiger partial charge in [-0.3, -0.25) is 0 Å². The number of hydrogen-bond acceptors (Lipinski definition) is 1. The predicted molar refractivity (Wildman–Crippen MR) is 84.2 cm³/mol. The molecule has 0 aromatic heterocycles. The van der Waals surface area contributed by atoms with E-state index >= 15 is 0 Å². The average molecular weight is 357 g/mol. The molecule has 0 heterocycles. The first-order valence-electron chi connectivity index (χ1n) is 7.17. The van der Waals surface area contributed by atoms with E-state index in [2.05, 4.69) is 6.08 Å². The van der Waals surface area contributed by atoms with Gasteiger partial charge in [-0.05, 0) is 12.8 Å². The van der Waals surface area contributed by atoms with Crippen LogP contribution < -0.4 is 0 Å². The number of hydrogen-bond donors (Lipinski definition) is 1. The Hall–Kier alpha value is -0.977. The molecule has 21 heavy (non-hydrogen) atoms. The molecule has 2 aromatic rings. The topological polar surface area (TPSA) is 20.2 Å². The molecular formula is C19H21OZr-. The van der Waals surface area contributed by atoms with Crippen LogP contribution >= 0.6 is 0 Å². The van der Waals surface area contributed by atoms with E-state index in [1.165, 1.54) is 0 Å². The third-order valence-electron chi connectivity index (χ3n) is 3.74. The van der Waals surface area contributed by atoms with Gasteiger partial charge in [0.15, 0.2) is 0 Å². The Balaban J connectivity index is 0.00000220. The van der Waals surface area contributed by atoms with Gasteiger partial charge in [-0.2, -0.15) is 0 Å². The van der Waals surface area contributed by atoms with Crippen LogP contribution in [0.25, 0.3) is 5.57 Å². The monoisotopic (exact) mass is 355 g/mol. The van der Waals surface area contributed by atoms with Gasteiger partial charge in [0.2, 0.25) is 0 Å². The summed E-state index contributed by atoms with van der Waals surface area (Å²) >= 11 is 0. The molecule has 1 nitrogen and oxygen atoms in total. The minimum atomic E-state index is -0.836. The first-order valence-corrected chi connectivity index (χ1v) is 7.17. The van der Waals surface area contributed by atoms with Crippen molar-refractivity contribution in [2.75, 3.05) is 0 Å². The van der Waals surface area contributed by atoms with Gasteiger partial charge in [0.1, 0.15) is 0 Å². The van der Waals surface area contributed by atoms with Gasteiger partial charge in [0.25, 0.3) is 0 Å². The smallest absolute Gasteiger partial charge is 0.0729 e. The average Bonchev–Trinajstić information content (AvgIpc) is 2.54. The van der Waals surface area contributed by atoms with E-state index in [4.69, 9.17) is 0 Å². The fourth-order valence-corrected chi connectivity index (χ4v) is 2.33. The number of rotatable bonds is 5. The first-order chi connectivity index (χ1) is 9.69. The van der Waals surface area contributed by atoms with Gasteiger partial charge in [0, 0.05) is 26.2 Å². The van der Waals surface area contributed by atoms with Gasteiger partial charge in [-0.25, -0.2) is 0 Å². The van der Waals surface area contributed by atoms with Crippen LogP contribution in [0.15, 0.2) is 60.7 Å². The van der Waals surface area contributed by atoms with E-state index in [1.54, 1.807) is 0 Å². The standard InChI is InChI=1S/C19H21O.Zr/c1-3-19(20,4-2)18(17-13-9-6-10-14-17)15-16-11-7-5-8-12-16;/h5-14,20H,3-4H2,1-2H3;/q-1;.